The molecule has 0 unspecified atom stereocenters. The van der Waals surface area contributed by atoms with E-state index in [0.717, 1.165) is 0 Å². The lowest BCUT2D eigenvalue weighted by Gasteiger charge is -2.11. The molecule has 10 heteroatoms. The maximum Gasteiger partial charge on any atom is 0.272 e. The minimum absolute atomic E-state index is 0.0452. The Kier molecular flexibility index (Phi) is 6.59. The van der Waals surface area contributed by atoms with Gasteiger partial charge in [-0.3, -0.25) is 9.52 Å². The van der Waals surface area contributed by atoms with Crippen LogP contribution in [0.5, 0.6) is 17.2 Å². The Morgan fingerprint density at radius 2 is 1.61 bits per heavy atom. The predicted octanol–water partition coefficient (Wildman–Crippen LogP) is 3.60. The number of fused-ring (bicyclic) bond motifs is 1. The number of hydrogen-bond acceptors (Lipinski definition) is 6. The van der Waals surface area contributed by atoms with Gasteiger partial charge in [-0.15, -0.1) is 0 Å². The zero-order valence-electron chi connectivity index (χ0n) is 17.7. The summed E-state index contributed by atoms with van der Waals surface area (Å²) in [5, 5.41) is 3.45. The molecule has 166 valence electrons. The number of aromatic amines is 1. The maximum atomic E-state index is 12.8. The van der Waals surface area contributed by atoms with Crippen LogP contribution in [0.1, 0.15) is 23.8 Å². The minimum Gasteiger partial charge on any atom is -0.496 e. The molecular weight excluding hydrogens is 422 g/mol. The Morgan fingerprint density at radius 3 is 2.19 bits per heavy atom. The molecule has 1 amide bonds. The van der Waals surface area contributed by atoms with Crippen molar-refractivity contribution in [3.05, 3.63) is 42.1 Å². The first kappa shape index (κ1) is 22.3. The number of methoxy groups -OCH3 is 3. The van der Waals surface area contributed by atoms with Crippen LogP contribution in [0.15, 0.2) is 36.4 Å². The fraction of sp³-hybridized carbons (Fsp3) is 0.286. The normalized spacial score (nSPS) is 11.2. The molecule has 31 heavy (non-hydrogen) atoms. The number of H-pyrrole nitrogens is 1. The van der Waals surface area contributed by atoms with E-state index in [1.165, 1.54) is 21.3 Å². The van der Waals surface area contributed by atoms with Crippen LogP contribution in [0, 0.1) is 0 Å². The molecule has 0 bridgehead atoms. The first-order chi connectivity index (χ1) is 14.8. The van der Waals surface area contributed by atoms with Crippen molar-refractivity contribution in [3.8, 4) is 17.2 Å². The number of anilines is 2. The fourth-order valence-electron chi connectivity index (χ4n) is 3.18. The van der Waals surface area contributed by atoms with E-state index in [-0.39, 0.29) is 11.7 Å². The summed E-state index contributed by atoms with van der Waals surface area (Å²) in [5.74, 6) is 1.14. The lowest BCUT2D eigenvalue weighted by atomic mass is 10.2. The van der Waals surface area contributed by atoms with Crippen molar-refractivity contribution in [2.45, 2.75) is 13.3 Å². The molecule has 0 saturated carbocycles. The van der Waals surface area contributed by atoms with E-state index in [2.05, 4.69) is 15.0 Å². The summed E-state index contributed by atoms with van der Waals surface area (Å²) in [7, 11) is 1.19. The van der Waals surface area contributed by atoms with E-state index < -0.39 is 10.0 Å². The van der Waals surface area contributed by atoms with E-state index in [4.69, 9.17) is 14.2 Å². The standard InChI is InChI=1S/C21H25N3O6S/c1-5-10-31(26,27)24-14-8-6-13(7-9-14)22-21(25)16-11-15-17(28-2)12-18(29-3)20(30-4)19(15)23-16/h6-9,11-12,23-24H,5,10H2,1-4H3,(H,22,25). The molecule has 0 saturated heterocycles. The highest BCUT2D eigenvalue weighted by molar-refractivity contribution is 7.92. The summed E-state index contributed by atoms with van der Waals surface area (Å²) in [6.45, 7) is 1.79. The number of hydrogen-bond donors (Lipinski definition) is 3. The van der Waals surface area contributed by atoms with E-state index in [1.807, 2.05) is 0 Å². The monoisotopic (exact) mass is 447 g/mol. The highest BCUT2D eigenvalue weighted by atomic mass is 32.2. The lowest BCUT2D eigenvalue weighted by Crippen LogP contribution is -2.16. The molecule has 2 aromatic carbocycles. The van der Waals surface area contributed by atoms with Gasteiger partial charge in [0.05, 0.1) is 32.6 Å². The van der Waals surface area contributed by atoms with Crippen molar-refractivity contribution >= 4 is 38.2 Å². The van der Waals surface area contributed by atoms with Gasteiger partial charge in [0.2, 0.25) is 10.0 Å². The topological polar surface area (TPSA) is 119 Å². The molecule has 0 fully saturated rings. The van der Waals surface area contributed by atoms with E-state index >= 15 is 0 Å². The van der Waals surface area contributed by atoms with Crippen LogP contribution in [0.25, 0.3) is 10.9 Å². The Hall–Kier alpha value is -3.40. The second kappa shape index (κ2) is 9.17. The third-order valence-electron chi connectivity index (χ3n) is 4.57. The van der Waals surface area contributed by atoms with Crippen molar-refractivity contribution in [1.82, 2.24) is 4.98 Å². The lowest BCUT2D eigenvalue weighted by molar-refractivity contribution is 0.102. The van der Waals surface area contributed by atoms with E-state index in [1.54, 1.807) is 43.3 Å². The molecule has 0 aliphatic rings. The summed E-state index contributed by atoms with van der Waals surface area (Å²) < 4.78 is 42.4. The number of sulfonamides is 1. The van der Waals surface area contributed by atoms with Crippen LogP contribution in [0.4, 0.5) is 11.4 Å². The van der Waals surface area contributed by atoms with Crippen molar-refractivity contribution in [2.75, 3.05) is 37.1 Å². The molecule has 1 aromatic heterocycles. The molecule has 9 nitrogen and oxygen atoms in total. The molecule has 0 aliphatic heterocycles. The Balaban J connectivity index is 1.83. The van der Waals surface area contributed by atoms with Gasteiger partial charge in [0.15, 0.2) is 11.5 Å². The number of rotatable bonds is 9. The SMILES string of the molecule is CCCS(=O)(=O)Nc1ccc(NC(=O)c2cc3c(OC)cc(OC)c(OC)c3[nH]2)cc1. The van der Waals surface area contributed by atoms with Crippen LogP contribution in [-0.2, 0) is 10.0 Å². The van der Waals surface area contributed by atoms with Crippen molar-refractivity contribution < 1.29 is 27.4 Å². The number of ether oxygens (including phenoxy) is 3. The molecular formula is C21H25N3O6S. The Morgan fingerprint density at radius 1 is 0.968 bits per heavy atom. The van der Waals surface area contributed by atoms with Gasteiger partial charge >= 0.3 is 0 Å². The zero-order chi connectivity index (χ0) is 22.6. The first-order valence-corrected chi connectivity index (χ1v) is 11.2. The number of nitrogens with one attached hydrogen (secondary N) is 3. The zero-order valence-corrected chi connectivity index (χ0v) is 18.6. The van der Waals surface area contributed by atoms with Crippen molar-refractivity contribution in [1.29, 1.82) is 0 Å². The van der Waals surface area contributed by atoms with Gasteiger partial charge < -0.3 is 24.5 Å². The average molecular weight is 448 g/mol. The van der Waals surface area contributed by atoms with Gasteiger partial charge in [-0.1, -0.05) is 6.92 Å². The summed E-state index contributed by atoms with van der Waals surface area (Å²) in [6, 6.07) is 9.77. The summed E-state index contributed by atoms with van der Waals surface area (Å²) in [5.41, 5.74) is 1.81. The molecule has 0 atom stereocenters. The van der Waals surface area contributed by atoms with E-state index in [9.17, 15) is 13.2 Å². The molecule has 3 rings (SSSR count). The van der Waals surface area contributed by atoms with Crippen molar-refractivity contribution in [2.24, 2.45) is 0 Å². The number of amides is 1. The third kappa shape index (κ3) is 4.85. The molecule has 0 spiro atoms. The number of carbonyl (C=O) groups excluding carboxylic acids is 1. The second-order valence-electron chi connectivity index (χ2n) is 6.74. The molecule has 0 radical (unpaired) electrons. The predicted molar refractivity (Wildman–Crippen MR) is 120 cm³/mol. The van der Waals surface area contributed by atoms with Crippen LogP contribution >= 0.6 is 0 Å². The van der Waals surface area contributed by atoms with Gasteiger partial charge in [0, 0.05) is 22.8 Å². The minimum atomic E-state index is -3.37. The largest absolute Gasteiger partial charge is 0.496 e. The highest BCUT2D eigenvalue weighted by Crippen LogP contribution is 2.41. The average Bonchev–Trinajstić information content (AvgIpc) is 3.19. The van der Waals surface area contributed by atoms with Crippen LogP contribution < -0.4 is 24.2 Å². The van der Waals surface area contributed by atoms with Crippen molar-refractivity contribution in [3.63, 3.8) is 0 Å². The molecule has 3 N–H and O–H groups in total. The highest BCUT2D eigenvalue weighted by Gasteiger charge is 2.19. The maximum absolute atomic E-state index is 12.8. The Bertz CT molecular complexity index is 1190. The Labute approximate surface area is 180 Å². The number of aromatic nitrogens is 1. The quantitative estimate of drug-likeness (QED) is 0.461. The first-order valence-electron chi connectivity index (χ1n) is 9.55. The number of carbonyl (C=O) groups is 1. The smallest absolute Gasteiger partial charge is 0.272 e. The van der Waals surface area contributed by atoms with Gasteiger partial charge in [-0.05, 0) is 36.8 Å². The van der Waals surface area contributed by atoms with Crippen LogP contribution in [-0.4, -0.2) is 46.4 Å². The summed E-state index contributed by atoms with van der Waals surface area (Å²) in [4.78, 5) is 15.8. The second-order valence-corrected chi connectivity index (χ2v) is 8.58. The van der Waals surface area contributed by atoms with Gasteiger partial charge in [-0.25, -0.2) is 8.42 Å². The molecule has 3 aromatic rings. The fourth-order valence-corrected chi connectivity index (χ4v) is 4.31. The third-order valence-corrected chi connectivity index (χ3v) is 6.07. The van der Waals surface area contributed by atoms with Gasteiger partial charge in [0.1, 0.15) is 11.4 Å². The van der Waals surface area contributed by atoms with Crippen LogP contribution in [0.3, 0.4) is 0 Å². The van der Waals surface area contributed by atoms with Gasteiger partial charge in [-0.2, -0.15) is 0 Å². The van der Waals surface area contributed by atoms with E-state index in [0.29, 0.717) is 51.6 Å². The summed E-state index contributed by atoms with van der Waals surface area (Å²) in [6.07, 6.45) is 0.523. The van der Waals surface area contributed by atoms with Gasteiger partial charge in [0.25, 0.3) is 5.91 Å². The summed E-state index contributed by atoms with van der Waals surface area (Å²) >= 11 is 0. The number of benzene rings is 2. The molecule has 0 aliphatic carbocycles. The van der Waals surface area contributed by atoms with Crippen LogP contribution in [0.2, 0.25) is 0 Å². The molecule has 1 heterocycles.